The van der Waals surface area contributed by atoms with Gasteiger partial charge in [-0.2, -0.15) is 0 Å². The molecule has 134 valence electrons. The zero-order valence-corrected chi connectivity index (χ0v) is 15.2. The van der Waals surface area contributed by atoms with Crippen LogP contribution in [0, 0.1) is 5.92 Å². The Morgan fingerprint density at radius 2 is 1.61 bits per heavy atom. The zero-order chi connectivity index (χ0) is 16.1. The van der Waals surface area contributed by atoms with Crippen molar-refractivity contribution in [2.45, 2.75) is 45.6 Å². The van der Waals surface area contributed by atoms with Gasteiger partial charge in [-0.25, -0.2) is 4.79 Å². The number of carbonyl (C=O) groups is 2. The highest BCUT2D eigenvalue weighted by Gasteiger charge is 2.30. The Morgan fingerprint density at radius 1 is 1.04 bits per heavy atom. The molecule has 1 saturated heterocycles. The highest BCUT2D eigenvalue weighted by Crippen LogP contribution is 2.27. The van der Waals surface area contributed by atoms with Crippen LogP contribution in [0.1, 0.15) is 39.5 Å². The second-order valence-corrected chi connectivity index (χ2v) is 6.38. The first-order chi connectivity index (χ1) is 10.6. The first kappa shape index (κ1) is 20.0. The predicted octanol–water partition coefficient (Wildman–Crippen LogP) is 1.53. The third kappa shape index (κ3) is 4.98. The van der Waals surface area contributed by atoms with Gasteiger partial charge in [-0.1, -0.05) is 6.42 Å². The number of nitrogens with zero attached hydrogens (tertiary/aromatic N) is 3. The summed E-state index contributed by atoms with van der Waals surface area (Å²) in [6.45, 7) is 8.01. The molecule has 7 heteroatoms. The fraction of sp³-hybridized carbons (Fsp3) is 0.875. The van der Waals surface area contributed by atoms with Gasteiger partial charge in [0.2, 0.25) is 5.91 Å². The quantitative estimate of drug-likeness (QED) is 0.839. The third-order valence-corrected chi connectivity index (χ3v) is 5.09. The molecule has 0 bridgehead atoms. The van der Waals surface area contributed by atoms with Crippen molar-refractivity contribution in [2.24, 2.45) is 11.7 Å². The molecule has 1 aliphatic heterocycles. The lowest BCUT2D eigenvalue weighted by atomic mass is 9.99. The van der Waals surface area contributed by atoms with Crippen LogP contribution < -0.4 is 5.73 Å². The van der Waals surface area contributed by atoms with Crippen LogP contribution in [0.3, 0.4) is 0 Å². The van der Waals surface area contributed by atoms with E-state index < -0.39 is 0 Å². The molecule has 2 rings (SSSR count). The summed E-state index contributed by atoms with van der Waals surface area (Å²) in [5.41, 5.74) is 6.05. The fourth-order valence-electron chi connectivity index (χ4n) is 3.51. The van der Waals surface area contributed by atoms with Crippen LogP contribution in [-0.2, 0) is 4.79 Å². The molecule has 0 aromatic heterocycles. The van der Waals surface area contributed by atoms with Gasteiger partial charge < -0.3 is 20.4 Å². The lowest BCUT2D eigenvalue weighted by molar-refractivity contribution is -0.133. The molecule has 3 amide bonds. The maximum atomic E-state index is 12.4. The van der Waals surface area contributed by atoms with E-state index >= 15 is 0 Å². The van der Waals surface area contributed by atoms with E-state index in [1.54, 1.807) is 0 Å². The lowest BCUT2D eigenvalue weighted by Gasteiger charge is -2.37. The van der Waals surface area contributed by atoms with Gasteiger partial charge in [-0.05, 0) is 32.6 Å². The number of piperazine rings is 1. The summed E-state index contributed by atoms with van der Waals surface area (Å²) < 4.78 is 0. The van der Waals surface area contributed by atoms with Crippen molar-refractivity contribution in [1.82, 2.24) is 14.7 Å². The molecule has 23 heavy (non-hydrogen) atoms. The molecule has 2 N–H and O–H groups in total. The molecule has 2 fully saturated rings. The molecule has 0 unspecified atom stereocenters. The zero-order valence-electron chi connectivity index (χ0n) is 14.4. The number of urea groups is 1. The largest absolute Gasteiger partial charge is 0.339 e. The van der Waals surface area contributed by atoms with Crippen LogP contribution in [0.2, 0.25) is 0 Å². The topological polar surface area (TPSA) is 69.9 Å². The van der Waals surface area contributed by atoms with E-state index in [9.17, 15) is 9.59 Å². The van der Waals surface area contributed by atoms with Crippen LogP contribution in [0.25, 0.3) is 0 Å². The van der Waals surface area contributed by atoms with Crippen LogP contribution in [0.5, 0.6) is 0 Å². The van der Waals surface area contributed by atoms with E-state index in [0.29, 0.717) is 38.5 Å². The molecule has 2 atom stereocenters. The Kier molecular flexibility index (Phi) is 8.12. The summed E-state index contributed by atoms with van der Waals surface area (Å²) in [5, 5.41) is 0. The SMILES string of the molecule is CCN(CC)C(=O)N1CCN(C(=O)C[C@@H]2CCC[C@H]2N)CC1.Cl. The minimum atomic E-state index is 0. The minimum Gasteiger partial charge on any atom is -0.339 e. The molecule has 1 heterocycles. The third-order valence-electron chi connectivity index (χ3n) is 5.09. The Labute approximate surface area is 145 Å². The van der Waals surface area contributed by atoms with Crippen LogP contribution in [0.4, 0.5) is 4.79 Å². The normalized spacial score (nSPS) is 24.3. The lowest BCUT2D eigenvalue weighted by Crippen LogP contribution is -2.54. The summed E-state index contributed by atoms with van der Waals surface area (Å²) in [5.74, 6) is 0.556. The minimum absolute atomic E-state index is 0. The first-order valence-electron chi connectivity index (χ1n) is 8.64. The maximum absolute atomic E-state index is 12.4. The monoisotopic (exact) mass is 346 g/mol. The van der Waals surface area contributed by atoms with Gasteiger partial charge in [0.1, 0.15) is 0 Å². The molecule has 0 radical (unpaired) electrons. The van der Waals surface area contributed by atoms with Crippen molar-refractivity contribution in [3.63, 3.8) is 0 Å². The van der Waals surface area contributed by atoms with Gasteiger partial charge in [0, 0.05) is 51.7 Å². The summed E-state index contributed by atoms with van der Waals surface area (Å²) in [7, 11) is 0. The van der Waals surface area contributed by atoms with E-state index in [0.717, 1.165) is 32.4 Å². The summed E-state index contributed by atoms with van der Waals surface area (Å²) in [6.07, 6.45) is 3.84. The van der Waals surface area contributed by atoms with Crippen molar-refractivity contribution in [1.29, 1.82) is 0 Å². The summed E-state index contributed by atoms with van der Waals surface area (Å²) in [6, 6.07) is 0.282. The number of rotatable bonds is 4. The van der Waals surface area contributed by atoms with Gasteiger partial charge in [-0.3, -0.25) is 4.79 Å². The number of hydrogen-bond donors (Lipinski definition) is 1. The number of amides is 3. The Balaban J connectivity index is 0.00000264. The molecule has 0 spiro atoms. The maximum Gasteiger partial charge on any atom is 0.320 e. The van der Waals surface area contributed by atoms with Gasteiger partial charge >= 0.3 is 6.03 Å². The van der Waals surface area contributed by atoms with Crippen molar-refractivity contribution >= 4 is 24.3 Å². The van der Waals surface area contributed by atoms with Gasteiger partial charge in [0.15, 0.2) is 0 Å². The number of carbonyl (C=O) groups excluding carboxylic acids is 2. The summed E-state index contributed by atoms with van der Waals surface area (Å²) >= 11 is 0. The van der Waals surface area contributed by atoms with Gasteiger partial charge in [0.25, 0.3) is 0 Å². The summed E-state index contributed by atoms with van der Waals surface area (Å²) in [4.78, 5) is 30.3. The highest BCUT2D eigenvalue weighted by molar-refractivity contribution is 5.85. The van der Waals surface area contributed by atoms with Crippen molar-refractivity contribution < 1.29 is 9.59 Å². The van der Waals surface area contributed by atoms with E-state index in [-0.39, 0.29) is 30.4 Å². The molecule has 1 aliphatic carbocycles. The Bertz CT molecular complexity index is 396. The molecular formula is C16H31ClN4O2. The number of hydrogen-bond acceptors (Lipinski definition) is 3. The predicted molar refractivity (Wildman–Crippen MR) is 93.7 cm³/mol. The molecule has 0 aromatic rings. The Morgan fingerprint density at radius 3 is 2.09 bits per heavy atom. The van der Waals surface area contributed by atoms with E-state index in [1.165, 1.54) is 0 Å². The molecule has 1 saturated carbocycles. The average Bonchev–Trinajstić information content (AvgIpc) is 2.93. The van der Waals surface area contributed by atoms with Crippen LogP contribution in [0.15, 0.2) is 0 Å². The van der Waals surface area contributed by atoms with Gasteiger partial charge in [0.05, 0.1) is 0 Å². The Hall–Kier alpha value is -1.01. The van der Waals surface area contributed by atoms with Crippen molar-refractivity contribution in [3.05, 3.63) is 0 Å². The van der Waals surface area contributed by atoms with Crippen molar-refractivity contribution in [2.75, 3.05) is 39.3 Å². The van der Waals surface area contributed by atoms with E-state index in [1.807, 2.05) is 28.5 Å². The van der Waals surface area contributed by atoms with Crippen LogP contribution in [-0.4, -0.2) is 71.9 Å². The molecule has 6 nitrogen and oxygen atoms in total. The molecule has 0 aromatic carbocycles. The second-order valence-electron chi connectivity index (χ2n) is 6.38. The molecular weight excluding hydrogens is 316 g/mol. The molecule has 2 aliphatic rings. The first-order valence-corrected chi connectivity index (χ1v) is 8.64. The van der Waals surface area contributed by atoms with E-state index in [2.05, 4.69) is 0 Å². The van der Waals surface area contributed by atoms with E-state index in [4.69, 9.17) is 5.73 Å². The second kappa shape index (κ2) is 9.33. The van der Waals surface area contributed by atoms with Gasteiger partial charge in [-0.15, -0.1) is 12.4 Å². The highest BCUT2D eigenvalue weighted by atomic mass is 35.5. The average molecular weight is 347 g/mol. The number of halogens is 1. The fourth-order valence-corrected chi connectivity index (χ4v) is 3.51. The standard InChI is InChI=1S/C16H30N4O2.ClH/c1-3-18(4-2)16(22)20-10-8-19(9-11-20)15(21)12-13-6-5-7-14(13)17;/h13-14H,3-12,17H2,1-2H3;1H/t13-,14+;/m0./s1. The number of nitrogens with two attached hydrogens (primary N) is 1. The van der Waals surface area contributed by atoms with Crippen molar-refractivity contribution in [3.8, 4) is 0 Å². The smallest absolute Gasteiger partial charge is 0.320 e. The van der Waals surface area contributed by atoms with Crippen LogP contribution >= 0.6 is 12.4 Å².